The number of nitrogens with one attached hydrogen (secondary N) is 2. The van der Waals surface area contributed by atoms with Gasteiger partial charge in [-0.05, 0) is 78.0 Å². The van der Waals surface area contributed by atoms with Gasteiger partial charge in [0.2, 0.25) is 0 Å². The van der Waals surface area contributed by atoms with E-state index in [0.717, 1.165) is 29.7 Å². The molecule has 2 N–H and O–H groups in total. The smallest absolute Gasteiger partial charge is 0.257 e. The van der Waals surface area contributed by atoms with E-state index in [2.05, 4.69) is 26.6 Å². The lowest BCUT2D eigenvalue weighted by Gasteiger charge is -2.14. The molecule has 158 valence electrons. The second-order valence-corrected chi connectivity index (χ2v) is 8.62. The molecule has 0 radical (unpaired) electrons. The molecule has 2 aromatic carbocycles. The lowest BCUT2D eigenvalue weighted by Crippen LogP contribution is -2.25. The van der Waals surface area contributed by atoms with Crippen LogP contribution >= 0.6 is 15.9 Å². The third kappa shape index (κ3) is 4.61. The van der Waals surface area contributed by atoms with Crippen molar-refractivity contribution in [3.63, 3.8) is 0 Å². The number of hydrogen-bond donors (Lipinski definition) is 2. The van der Waals surface area contributed by atoms with Crippen molar-refractivity contribution in [2.45, 2.75) is 32.7 Å². The lowest BCUT2D eigenvalue weighted by molar-refractivity contribution is 0.0949. The highest BCUT2D eigenvalue weighted by Gasteiger charge is 2.24. The number of aryl methyl sites for hydroxylation is 2. The van der Waals surface area contributed by atoms with Crippen LogP contribution in [0.5, 0.6) is 0 Å². The number of halogens is 1. The monoisotopic (exact) mass is 479 g/mol. The standard InChI is InChI=1S/C24H22BrN3O3/c1-14-4-3-5-15(2)22(14)28-13-17(7-11-21(28)29)24(31)27-20-12-16(6-10-19(20)25)23(30)26-18-8-9-18/h3-7,10-13,18H,8-9H2,1-2H3,(H,26,30)(H,27,31). The highest BCUT2D eigenvalue weighted by atomic mass is 79.9. The Morgan fingerprint density at radius 2 is 1.65 bits per heavy atom. The van der Waals surface area contributed by atoms with Gasteiger partial charge in [0, 0.05) is 28.3 Å². The summed E-state index contributed by atoms with van der Waals surface area (Å²) in [5.41, 5.74) is 3.73. The maximum Gasteiger partial charge on any atom is 0.257 e. The molecule has 1 fully saturated rings. The average molecular weight is 480 g/mol. The number of anilines is 1. The van der Waals surface area contributed by atoms with E-state index >= 15 is 0 Å². The number of carbonyl (C=O) groups is 2. The molecule has 1 heterocycles. The van der Waals surface area contributed by atoms with E-state index in [1.54, 1.807) is 24.4 Å². The Bertz CT molecular complexity index is 1220. The quantitative estimate of drug-likeness (QED) is 0.570. The summed E-state index contributed by atoms with van der Waals surface area (Å²) in [5.74, 6) is -0.533. The predicted molar refractivity (Wildman–Crippen MR) is 124 cm³/mol. The second kappa shape index (κ2) is 8.51. The largest absolute Gasteiger partial charge is 0.349 e. The van der Waals surface area contributed by atoms with Crippen LogP contribution in [0.25, 0.3) is 5.69 Å². The van der Waals surface area contributed by atoms with Gasteiger partial charge in [-0.3, -0.25) is 19.0 Å². The van der Waals surface area contributed by atoms with Crippen molar-refractivity contribution in [1.29, 1.82) is 0 Å². The van der Waals surface area contributed by atoms with Gasteiger partial charge in [0.05, 0.1) is 16.9 Å². The van der Waals surface area contributed by atoms with Crippen molar-refractivity contribution in [2.24, 2.45) is 0 Å². The van der Waals surface area contributed by atoms with Crippen molar-refractivity contribution in [2.75, 3.05) is 5.32 Å². The summed E-state index contributed by atoms with van der Waals surface area (Å²) in [7, 11) is 0. The van der Waals surface area contributed by atoms with Crippen molar-refractivity contribution < 1.29 is 9.59 Å². The first-order valence-electron chi connectivity index (χ1n) is 10.0. The highest BCUT2D eigenvalue weighted by molar-refractivity contribution is 9.10. The third-order valence-electron chi connectivity index (χ3n) is 5.24. The zero-order valence-electron chi connectivity index (χ0n) is 17.2. The van der Waals surface area contributed by atoms with Crippen molar-refractivity contribution in [3.8, 4) is 5.69 Å². The van der Waals surface area contributed by atoms with E-state index in [-0.39, 0.29) is 23.4 Å². The van der Waals surface area contributed by atoms with Gasteiger partial charge in [0.1, 0.15) is 0 Å². The van der Waals surface area contributed by atoms with Gasteiger partial charge in [-0.1, -0.05) is 18.2 Å². The second-order valence-electron chi connectivity index (χ2n) is 7.76. The van der Waals surface area contributed by atoms with Crippen LogP contribution in [0.15, 0.2) is 64.0 Å². The SMILES string of the molecule is Cc1cccc(C)c1-n1cc(C(=O)Nc2cc(C(=O)NC3CC3)ccc2Br)ccc1=O. The summed E-state index contributed by atoms with van der Waals surface area (Å²) >= 11 is 3.42. The van der Waals surface area contributed by atoms with Crippen LogP contribution in [0.2, 0.25) is 0 Å². The van der Waals surface area contributed by atoms with Gasteiger partial charge in [-0.2, -0.15) is 0 Å². The van der Waals surface area contributed by atoms with Gasteiger partial charge in [-0.25, -0.2) is 0 Å². The Labute approximate surface area is 188 Å². The minimum atomic E-state index is -0.375. The molecule has 7 heteroatoms. The number of aromatic nitrogens is 1. The van der Waals surface area contributed by atoms with Crippen LogP contribution in [0.1, 0.15) is 44.7 Å². The topological polar surface area (TPSA) is 80.2 Å². The van der Waals surface area contributed by atoms with E-state index in [1.807, 2.05) is 32.0 Å². The number of carbonyl (C=O) groups excluding carboxylic acids is 2. The molecule has 1 saturated carbocycles. The van der Waals surface area contributed by atoms with Crippen molar-refractivity contribution >= 4 is 33.4 Å². The van der Waals surface area contributed by atoms with Crippen LogP contribution < -0.4 is 16.2 Å². The zero-order chi connectivity index (χ0) is 22.1. The van der Waals surface area contributed by atoms with Crippen LogP contribution in [0, 0.1) is 13.8 Å². The predicted octanol–water partition coefficient (Wildman–Crippen LogP) is 4.36. The van der Waals surface area contributed by atoms with Gasteiger partial charge in [0.25, 0.3) is 17.4 Å². The molecule has 2 amide bonds. The first-order valence-corrected chi connectivity index (χ1v) is 10.8. The molecule has 0 unspecified atom stereocenters. The number of pyridine rings is 1. The average Bonchev–Trinajstić information content (AvgIpc) is 3.54. The molecule has 6 nitrogen and oxygen atoms in total. The molecule has 0 bridgehead atoms. The minimum Gasteiger partial charge on any atom is -0.349 e. The summed E-state index contributed by atoms with van der Waals surface area (Å²) in [5, 5.41) is 5.78. The van der Waals surface area contributed by atoms with Crippen molar-refractivity contribution in [1.82, 2.24) is 9.88 Å². The summed E-state index contributed by atoms with van der Waals surface area (Å²) in [6.45, 7) is 3.85. The molecule has 1 aromatic heterocycles. The Morgan fingerprint density at radius 1 is 0.968 bits per heavy atom. The van der Waals surface area contributed by atoms with E-state index in [0.29, 0.717) is 21.3 Å². The summed E-state index contributed by atoms with van der Waals surface area (Å²) in [6.07, 6.45) is 3.55. The Balaban J connectivity index is 1.62. The Kier molecular flexibility index (Phi) is 5.78. The highest BCUT2D eigenvalue weighted by Crippen LogP contribution is 2.26. The van der Waals surface area contributed by atoms with Gasteiger partial charge >= 0.3 is 0 Å². The maximum atomic E-state index is 13.0. The molecule has 4 rings (SSSR count). The van der Waals surface area contributed by atoms with Crippen LogP contribution in [0.3, 0.4) is 0 Å². The minimum absolute atomic E-state index is 0.158. The molecule has 1 aliphatic carbocycles. The number of rotatable bonds is 5. The fraction of sp³-hybridized carbons (Fsp3) is 0.208. The lowest BCUT2D eigenvalue weighted by atomic mass is 10.1. The zero-order valence-corrected chi connectivity index (χ0v) is 18.8. The molecular weight excluding hydrogens is 458 g/mol. The number of amides is 2. The molecule has 0 aliphatic heterocycles. The van der Waals surface area contributed by atoms with E-state index < -0.39 is 0 Å². The van der Waals surface area contributed by atoms with E-state index in [4.69, 9.17) is 0 Å². The van der Waals surface area contributed by atoms with Crippen LogP contribution in [-0.4, -0.2) is 22.4 Å². The third-order valence-corrected chi connectivity index (χ3v) is 5.93. The molecular formula is C24H22BrN3O3. The maximum absolute atomic E-state index is 13.0. The van der Waals surface area contributed by atoms with Crippen LogP contribution in [0.4, 0.5) is 5.69 Å². The van der Waals surface area contributed by atoms with Gasteiger partial charge in [-0.15, -0.1) is 0 Å². The molecule has 0 atom stereocenters. The van der Waals surface area contributed by atoms with Gasteiger partial charge in [0.15, 0.2) is 0 Å². The number of nitrogens with zero attached hydrogens (tertiary/aromatic N) is 1. The summed E-state index contributed by atoms with van der Waals surface area (Å²) in [4.78, 5) is 37.8. The molecule has 3 aromatic rings. The summed E-state index contributed by atoms with van der Waals surface area (Å²) in [6, 6.07) is 14.0. The molecule has 1 aliphatic rings. The molecule has 0 saturated heterocycles. The van der Waals surface area contributed by atoms with E-state index in [1.165, 1.54) is 16.7 Å². The first kappa shape index (κ1) is 21.1. The fourth-order valence-electron chi connectivity index (χ4n) is 3.44. The Morgan fingerprint density at radius 3 is 2.32 bits per heavy atom. The van der Waals surface area contributed by atoms with Crippen molar-refractivity contribution in [3.05, 3.63) is 91.8 Å². The number of hydrogen-bond acceptors (Lipinski definition) is 3. The first-order chi connectivity index (χ1) is 14.8. The summed E-state index contributed by atoms with van der Waals surface area (Å²) < 4.78 is 2.15. The van der Waals surface area contributed by atoms with Crippen LogP contribution in [-0.2, 0) is 0 Å². The number of para-hydroxylation sites is 1. The van der Waals surface area contributed by atoms with E-state index in [9.17, 15) is 14.4 Å². The number of benzene rings is 2. The Hall–Kier alpha value is -3.19. The van der Waals surface area contributed by atoms with Gasteiger partial charge < -0.3 is 10.6 Å². The molecule has 0 spiro atoms. The fourth-order valence-corrected chi connectivity index (χ4v) is 3.78. The molecule has 31 heavy (non-hydrogen) atoms. The normalized spacial score (nSPS) is 13.0.